The summed E-state index contributed by atoms with van der Waals surface area (Å²) >= 11 is 14.0. The minimum Gasteiger partial charge on any atom is -0.508 e. The number of alkyl halides is 2. The van der Waals surface area contributed by atoms with Crippen molar-refractivity contribution < 1.29 is 51.0 Å². The Morgan fingerprint density at radius 1 is 0.907 bits per heavy atom. The first-order valence-electron chi connectivity index (χ1n) is 12.8. The fourth-order valence-corrected chi connectivity index (χ4v) is 7.93. The molecule has 0 aromatic heterocycles. The molecule has 226 valence electrons. The van der Waals surface area contributed by atoms with E-state index in [1.54, 1.807) is 6.08 Å². The van der Waals surface area contributed by atoms with Gasteiger partial charge in [0.05, 0.1) is 18.9 Å². The number of imide groups is 2. The lowest BCUT2D eigenvalue weighted by atomic mass is 9.56. The second-order valence-electron chi connectivity index (χ2n) is 10.9. The number of phenolic OH excluding ortho intramolecular Hbond substituents is 1. The number of aromatic hydroxyl groups is 1. The Bertz CT molecular complexity index is 1690. The van der Waals surface area contributed by atoms with Gasteiger partial charge in [0, 0.05) is 24.6 Å². The van der Waals surface area contributed by atoms with Crippen LogP contribution in [0.15, 0.2) is 29.8 Å². The van der Waals surface area contributed by atoms with Crippen LogP contribution in [0.5, 0.6) is 11.5 Å². The summed E-state index contributed by atoms with van der Waals surface area (Å²) in [7, 11) is 2.50. The fraction of sp³-hybridized carbons (Fsp3) is 0.357. The van der Waals surface area contributed by atoms with Crippen molar-refractivity contribution >= 4 is 52.5 Å². The van der Waals surface area contributed by atoms with Gasteiger partial charge in [0.2, 0.25) is 17.6 Å². The summed E-state index contributed by atoms with van der Waals surface area (Å²) in [6, 6.07) is 3.65. The normalized spacial score (nSPS) is 31.7. The molecule has 15 heteroatoms. The molecular formula is C28H19Cl2F5N2O6. The molecule has 8 nitrogen and oxygen atoms in total. The van der Waals surface area contributed by atoms with Crippen LogP contribution < -0.4 is 9.64 Å². The third kappa shape index (κ3) is 3.48. The molecule has 4 aliphatic rings. The second kappa shape index (κ2) is 9.39. The van der Waals surface area contributed by atoms with Crippen LogP contribution in [0.4, 0.5) is 27.6 Å². The number of anilines is 1. The number of fused-ring (bicyclic) bond motifs is 4. The Morgan fingerprint density at radius 3 is 2.12 bits per heavy atom. The van der Waals surface area contributed by atoms with Crippen molar-refractivity contribution in [1.29, 1.82) is 0 Å². The van der Waals surface area contributed by atoms with Gasteiger partial charge in [0.1, 0.15) is 17.2 Å². The maximum atomic E-state index is 15.0. The number of nitrogens with zero attached hydrogens (tertiary/aromatic N) is 2. The van der Waals surface area contributed by atoms with Gasteiger partial charge in [-0.3, -0.25) is 24.1 Å². The summed E-state index contributed by atoms with van der Waals surface area (Å²) in [4.78, 5) is 49.7. The van der Waals surface area contributed by atoms with Crippen LogP contribution in [0.25, 0.3) is 0 Å². The highest BCUT2D eigenvalue weighted by Gasteiger charge is 2.77. The molecule has 3 fully saturated rings. The van der Waals surface area contributed by atoms with Crippen LogP contribution >= 0.6 is 23.2 Å². The molecule has 0 spiro atoms. The number of carbonyl (C=O) groups excluding carboxylic acids is 4. The van der Waals surface area contributed by atoms with E-state index < -0.39 is 98.2 Å². The van der Waals surface area contributed by atoms with Crippen molar-refractivity contribution in [1.82, 2.24) is 4.90 Å². The second-order valence-corrected chi connectivity index (χ2v) is 12.1. The summed E-state index contributed by atoms with van der Waals surface area (Å²) in [5, 5.41) is 10.1. The fourth-order valence-electron chi connectivity index (χ4n) is 7.01. The maximum absolute atomic E-state index is 15.0. The largest absolute Gasteiger partial charge is 0.508 e. The highest BCUT2D eigenvalue weighted by Crippen LogP contribution is 2.66. The van der Waals surface area contributed by atoms with Crippen molar-refractivity contribution in [3.8, 4) is 11.5 Å². The van der Waals surface area contributed by atoms with Gasteiger partial charge in [-0.1, -0.05) is 17.7 Å². The van der Waals surface area contributed by atoms with Crippen molar-refractivity contribution in [3.05, 3.63) is 64.5 Å². The van der Waals surface area contributed by atoms with E-state index in [0.717, 1.165) is 11.0 Å². The van der Waals surface area contributed by atoms with Crippen LogP contribution in [0.3, 0.4) is 0 Å². The number of benzene rings is 2. The van der Waals surface area contributed by atoms with Crippen molar-refractivity contribution in [2.24, 2.45) is 17.8 Å². The molecule has 2 aromatic rings. The van der Waals surface area contributed by atoms with Crippen molar-refractivity contribution in [2.75, 3.05) is 19.1 Å². The van der Waals surface area contributed by atoms with E-state index in [1.165, 1.54) is 26.3 Å². The molecule has 1 saturated carbocycles. The first-order valence-corrected chi connectivity index (χ1v) is 13.6. The third-order valence-corrected chi connectivity index (χ3v) is 10.4. The lowest BCUT2D eigenvalue weighted by molar-refractivity contribution is -0.138. The SMILES string of the molecule is COc1cc(O)ccc1[C@H]1C2=CC[C@@H]3C(=O)N(C)C(=O)[C@@H]3[C@@H]2C[C@@]2(Cl)C(=O)N(c3c(F)c(F)c(F)c(F)c3F)C(=O)[C@@]12Cl. The summed E-state index contributed by atoms with van der Waals surface area (Å²) in [5.74, 6) is -21.3. The molecule has 0 bridgehead atoms. The van der Waals surface area contributed by atoms with E-state index in [4.69, 9.17) is 27.9 Å². The molecule has 2 aliphatic heterocycles. The van der Waals surface area contributed by atoms with Gasteiger partial charge in [-0.2, -0.15) is 0 Å². The number of methoxy groups -OCH3 is 1. The van der Waals surface area contributed by atoms with E-state index in [-0.39, 0.29) is 34.0 Å². The Morgan fingerprint density at radius 2 is 1.51 bits per heavy atom. The van der Waals surface area contributed by atoms with E-state index >= 15 is 8.78 Å². The number of amides is 4. The number of phenols is 1. The summed E-state index contributed by atoms with van der Waals surface area (Å²) in [6.45, 7) is 0. The molecule has 2 aliphatic carbocycles. The number of halogens is 7. The molecule has 6 rings (SSSR count). The molecule has 2 heterocycles. The molecule has 43 heavy (non-hydrogen) atoms. The van der Waals surface area contributed by atoms with Crippen molar-refractivity contribution in [3.63, 3.8) is 0 Å². The molecular weight excluding hydrogens is 626 g/mol. The van der Waals surface area contributed by atoms with Crippen LogP contribution in [0.2, 0.25) is 0 Å². The van der Waals surface area contributed by atoms with Crippen LogP contribution in [-0.4, -0.2) is 57.5 Å². The average molecular weight is 645 g/mol. The van der Waals surface area contributed by atoms with E-state index in [0.29, 0.717) is 0 Å². The maximum Gasteiger partial charge on any atom is 0.258 e. The molecule has 4 amide bonds. The lowest BCUT2D eigenvalue weighted by Crippen LogP contribution is -2.60. The van der Waals surface area contributed by atoms with Gasteiger partial charge in [0.15, 0.2) is 33.0 Å². The minimum absolute atomic E-state index is 0.0219. The van der Waals surface area contributed by atoms with Crippen LogP contribution in [0.1, 0.15) is 24.3 Å². The molecule has 0 radical (unpaired) electrons. The zero-order valence-corrected chi connectivity index (χ0v) is 23.6. The monoisotopic (exact) mass is 644 g/mol. The van der Waals surface area contributed by atoms with Gasteiger partial charge in [-0.05, 0) is 24.8 Å². The number of ether oxygens (including phenoxy) is 1. The third-order valence-electron chi connectivity index (χ3n) is 8.97. The summed E-state index contributed by atoms with van der Waals surface area (Å²) in [6.07, 6.45) is 0.978. The van der Waals surface area contributed by atoms with Crippen LogP contribution in [-0.2, 0) is 19.2 Å². The quantitative estimate of drug-likeness (QED) is 0.134. The van der Waals surface area contributed by atoms with E-state index in [1.807, 2.05) is 0 Å². The van der Waals surface area contributed by atoms with Crippen molar-refractivity contribution in [2.45, 2.75) is 28.5 Å². The van der Waals surface area contributed by atoms with Gasteiger partial charge in [-0.15, -0.1) is 23.2 Å². The number of hydrogen-bond donors (Lipinski definition) is 1. The van der Waals surface area contributed by atoms with Gasteiger partial charge >= 0.3 is 0 Å². The Labute approximate surface area is 249 Å². The van der Waals surface area contributed by atoms with E-state index in [9.17, 15) is 37.5 Å². The first kappa shape index (κ1) is 29.4. The summed E-state index contributed by atoms with van der Waals surface area (Å²) < 4.78 is 77.8. The topological polar surface area (TPSA) is 104 Å². The Balaban J connectivity index is 1.64. The number of likely N-dealkylation sites (tertiary alicyclic amines) is 1. The molecule has 0 unspecified atom stereocenters. The summed E-state index contributed by atoms with van der Waals surface area (Å²) in [5.41, 5.74) is -1.53. The Kier molecular flexibility index (Phi) is 6.41. The highest BCUT2D eigenvalue weighted by molar-refractivity contribution is 6.58. The van der Waals surface area contributed by atoms with Gasteiger partial charge in [-0.25, -0.2) is 26.9 Å². The molecule has 6 atom stereocenters. The molecule has 2 aromatic carbocycles. The van der Waals surface area contributed by atoms with Crippen LogP contribution in [0, 0.1) is 46.8 Å². The zero-order chi connectivity index (χ0) is 31.5. The van der Waals surface area contributed by atoms with E-state index in [2.05, 4.69) is 0 Å². The number of rotatable bonds is 3. The first-order chi connectivity index (χ1) is 20.1. The molecule has 2 saturated heterocycles. The number of carbonyl (C=O) groups is 4. The predicted octanol–water partition coefficient (Wildman–Crippen LogP) is 4.29. The highest BCUT2D eigenvalue weighted by atomic mass is 35.5. The number of allylic oxidation sites excluding steroid dienone is 2. The average Bonchev–Trinajstić information content (AvgIpc) is 3.29. The molecule has 1 N–H and O–H groups in total. The lowest BCUT2D eigenvalue weighted by Gasteiger charge is -2.50. The smallest absolute Gasteiger partial charge is 0.258 e. The zero-order valence-electron chi connectivity index (χ0n) is 22.1. The Hall–Kier alpha value is -3.71. The van der Waals surface area contributed by atoms with Gasteiger partial charge < -0.3 is 9.84 Å². The number of hydrogen-bond acceptors (Lipinski definition) is 6. The minimum atomic E-state index is -2.68. The predicted molar refractivity (Wildman–Crippen MR) is 139 cm³/mol. The van der Waals surface area contributed by atoms with Gasteiger partial charge in [0.25, 0.3) is 11.8 Å². The standard InChI is InChI=1S/C28H19Cl2F5N2O6/c1-36-23(39)12-6-5-10-13(15(12)24(36)40)8-27(29)25(41)37(22-20(34)18(32)17(31)19(33)21(22)35)26(42)28(27,30)16(10)11-4-3-9(38)7-14(11)43-2/h3-5,7,12-13,15-16,38H,6,8H2,1-2H3/t12-,13+,15-,16+,27+,28-/m0/s1.